The third kappa shape index (κ3) is 5.15. The highest BCUT2D eigenvalue weighted by molar-refractivity contribution is 7.97. The molecule has 0 radical (unpaired) electrons. The second kappa shape index (κ2) is 9.77. The van der Waals surface area contributed by atoms with Crippen LogP contribution in [0.4, 0.5) is 4.39 Å². The van der Waals surface area contributed by atoms with Gasteiger partial charge in [0.05, 0.1) is 0 Å². The average Bonchev–Trinajstić information content (AvgIpc) is 3.11. The summed E-state index contributed by atoms with van der Waals surface area (Å²) >= 11 is 7.41. The Labute approximate surface area is 194 Å². The number of fused-ring (bicyclic) bond motifs is 1. The maximum atomic E-state index is 14.5. The Balaban J connectivity index is 1.59. The van der Waals surface area contributed by atoms with Gasteiger partial charge in [0.15, 0.2) is 0 Å². The molecule has 7 heteroatoms. The minimum Gasteiger partial charge on any atom is -0.475 e. The minimum absolute atomic E-state index is 0.0497. The lowest BCUT2D eigenvalue weighted by Crippen LogP contribution is -2.19. The molecule has 32 heavy (non-hydrogen) atoms. The van der Waals surface area contributed by atoms with Gasteiger partial charge in [0.25, 0.3) is 0 Å². The first-order valence-electron chi connectivity index (χ1n) is 10.1. The molecule has 0 aliphatic rings. The molecule has 0 bridgehead atoms. The monoisotopic (exact) mass is 469 g/mol. The van der Waals surface area contributed by atoms with Gasteiger partial charge in [-0.2, -0.15) is 0 Å². The van der Waals surface area contributed by atoms with Gasteiger partial charge >= 0.3 is 5.97 Å². The van der Waals surface area contributed by atoms with E-state index in [0.29, 0.717) is 34.8 Å². The number of carbonyl (C=O) groups is 1. The Morgan fingerprint density at radius 3 is 2.62 bits per heavy atom. The predicted molar refractivity (Wildman–Crippen MR) is 126 cm³/mol. The van der Waals surface area contributed by atoms with Crippen LogP contribution in [0.3, 0.4) is 0 Å². The number of benzene rings is 3. The van der Waals surface area contributed by atoms with Gasteiger partial charge in [-0.3, -0.25) is 0 Å². The van der Waals surface area contributed by atoms with Gasteiger partial charge in [0.2, 0.25) is 5.76 Å². The van der Waals surface area contributed by atoms with Crippen LogP contribution in [0.25, 0.3) is 11.0 Å². The first-order chi connectivity index (χ1) is 15.4. The zero-order valence-corrected chi connectivity index (χ0v) is 18.9. The summed E-state index contributed by atoms with van der Waals surface area (Å²) in [7, 11) is 0. The maximum Gasteiger partial charge on any atom is 0.372 e. The van der Waals surface area contributed by atoms with Gasteiger partial charge in [-0.1, -0.05) is 48.0 Å². The zero-order valence-electron chi connectivity index (χ0n) is 17.3. The summed E-state index contributed by atoms with van der Waals surface area (Å²) in [6, 6.07) is 20.4. The zero-order chi connectivity index (χ0) is 22.7. The summed E-state index contributed by atoms with van der Waals surface area (Å²) in [6.45, 7) is 2.82. The van der Waals surface area contributed by atoms with Gasteiger partial charge in [-0.25, -0.2) is 13.5 Å². The molecule has 1 aromatic heterocycles. The van der Waals surface area contributed by atoms with Crippen molar-refractivity contribution in [3.8, 4) is 0 Å². The number of aryl methyl sites for hydroxylation is 1. The van der Waals surface area contributed by atoms with E-state index in [0.717, 1.165) is 16.7 Å². The molecule has 0 spiro atoms. The number of nitrogens with zero attached hydrogens (tertiary/aromatic N) is 1. The lowest BCUT2D eigenvalue weighted by Gasteiger charge is -2.22. The third-order valence-corrected chi connectivity index (χ3v) is 6.46. The highest BCUT2D eigenvalue weighted by Crippen LogP contribution is 2.32. The summed E-state index contributed by atoms with van der Waals surface area (Å²) in [5, 5.41) is 10.4. The van der Waals surface area contributed by atoms with Crippen molar-refractivity contribution in [2.45, 2.75) is 24.8 Å². The molecule has 0 saturated carbocycles. The van der Waals surface area contributed by atoms with E-state index in [9.17, 15) is 14.3 Å². The van der Waals surface area contributed by atoms with E-state index in [-0.39, 0.29) is 11.6 Å². The Morgan fingerprint density at radius 1 is 1.12 bits per heavy atom. The minimum atomic E-state index is -1.09. The van der Waals surface area contributed by atoms with Crippen molar-refractivity contribution >= 4 is 40.5 Å². The maximum absolute atomic E-state index is 14.5. The Bertz CT molecular complexity index is 1260. The topological polar surface area (TPSA) is 53.7 Å². The van der Waals surface area contributed by atoms with Crippen molar-refractivity contribution in [3.63, 3.8) is 0 Å². The Morgan fingerprint density at radius 2 is 1.91 bits per heavy atom. The molecule has 0 unspecified atom stereocenters. The fourth-order valence-electron chi connectivity index (χ4n) is 3.51. The molecule has 0 fully saturated rings. The molecule has 0 saturated heterocycles. The highest BCUT2D eigenvalue weighted by Gasteiger charge is 2.18. The van der Waals surface area contributed by atoms with E-state index < -0.39 is 5.97 Å². The van der Waals surface area contributed by atoms with Crippen molar-refractivity contribution in [1.82, 2.24) is 4.31 Å². The van der Waals surface area contributed by atoms with Crippen molar-refractivity contribution in [2.24, 2.45) is 0 Å². The fourth-order valence-corrected chi connectivity index (χ4v) is 4.65. The van der Waals surface area contributed by atoms with E-state index in [2.05, 4.69) is 16.4 Å². The molecule has 0 aliphatic heterocycles. The number of hydrogen-bond acceptors (Lipinski definition) is 4. The number of halogens is 2. The van der Waals surface area contributed by atoms with Gasteiger partial charge < -0.3 is 9.52 Å². The van der Waals surface area contributed by atoms with Crippen molar-refractivity contribution < 1.29 is 18.7 Å². The van der Waals surface area contributed by atoms with E-state index in [1.807, 2.05) is 30.3 Å². The van der Waals surface area contributed by atoms with E-state index in [1.165, 1.54) is 23.6 Å². The van der Waals surface area contributed by atoms with Crippen LogP contribution in [0.1, 0.15) is 27.2 Å². The average molecular weight is 470 g/mol. The number of furan rings is 1. The summed E-state index contributed by atoms with van der Waals surface area (Å²) in [4.78, 5) is 12.3. The molecule has 1 heterocycles. The Kier molecular flexibility index (Phi) is 6.84. The smallest absolute Gasteiger partial charge is 0.372 e. The molecule has 3 aromatic carbocycles. The number of rotatable bonds is 8. The van der Waals surface area contributed by atoms with Crippen LogP contribution in [0.2, 0.25) is 5.02 Å². The molecule has 0 atom stereocenters. The second-order valence-corrected chi connectivity index (χ2v) is 9.05. The number of hydrogen-bond donors (Lipinski definition) is 1. The van der Waals surface area contributed by atoms with Crippen molar-refractivity contribution in [2.75, 3.05) is 6.54 Å². The normalized spacial score (nSPS) is 11.4. The molecule has 4 aromatic rings. The molecule has 0 aliphatic carbocycles. The number of carboxylic acid groups (broad SMARTS) is 1. The lowest BCUT2D eigenvalue weighted by atomic mass is 10.1. The summed E-state index contributed by atoms with van der Waals surface area (Å²) < 4.78 is 22.0. The number of aromatic carboxylic acids is 1. The van der Waals surface area contributed by atoms with Gasteiger partial charge in [0.1, 0.15) is 11.4 Å². The van der Waals surface area contributed by atoms with E-state index in [1.54, 1.807) is 25.1 Å². The summed E-state index contributed by atoms with van der Waals surface area (Å²) in [5.74, 6) is -1.48. The quantitative estimate of drug-likeness (QED) is 0.282. The van der Waals surface area contributed by atoms with Crippen LogP contribution in [0, 0.1) is 12.7 Å². The van der Waals surface area contributed by atoms with Crippen LogP contribution in [0.5, 0.6) is 0 Å². The second-order valence-electron chi connectivity index (χ2n) is 7.45. The van der Waals surface area contributed by atoms with E-state index in [4.69, 9.17) is 16.0 Å². The molecule has 1 N–H and O–H groups in total. The third-order valence-electron chi connectivity index (χ3n) is 5.19. The van der Waals surface area contributed by atoms with Crippen LogP contribution in [0.15, 0.2) is 76.0 Å². The molecular formula is C25H21ClFNO3S. The molecular weight excluding hydrogens is 449 g/mol. The molecule has 4 rings (SSSR count). The van der Waals surface area contributed by atoms with Gasteiger partial charge in [-0.05, 0) is 61.2 Å². The molecule has 164 valence electrons. The fraction of sp³-hybridized carbons (Fsp3) is 0.160. The predicted octanol–water partition coefficient (Wildman–Crippen LogP) is 6.98. The van der Waals surface area contributed by atoms with Crippen LogP contribution in [-0.2, 0) is 13.0 Å². The van der Waals surface area contributed by atoms with Crippen molar-refractivity contribution in [1.29, 1.82) is 0 Å². The van der Waals surface area contributed by atoms with Crippen LogP contribution in [-0.4, -0.2) is 21.9 Å². The summed E-state index contributed by atoms with van der Waals surface area (Å²) in [6.07, 6.45) is 0.805. The van der Waals surface area contributed by atoms with Crippen LogP contribution >= 0.6 is 23.5 Å². The molecule has 4 nitrogen and oxygen atoms in total. The largest absolute Gasteiger partial charge is 0.475 e. The number of carboxylic acids is 1. The van der Waals surface area contributed by atoms with E-state index >= 15 is 0 Å². The first kappa shape index (κ1) is 22.4. The van der Waals surface area contributed by atoms with Crippen molar-refractivity contribution in [3.05, 3.63) is 100 Å². The highest BCUT2D eigenvalue weighted by atomic mass is 35.5. The van der Waals surface area contributed by atoms with Gasteiger partial charge in [-0.15, -0.1) is 0 Å². The summed E-state index contributed by atoms with van der Waals surface area (Å²) in [5.41, 5.74) is 2.88. The SMILES string of the molecule is Cc1c(C(=O)O)oc2ccc(SN(CCc3ccccc3)Cc3ccc(Cl)cc3F)cc12. The van der Waals surface area contributed by atoms with Crippen LogP contribution < -0.4 is 0 Å². The first-order valence-corrected chi connectivity index (χ1v) is 11.2. The standard InChI is InChI=1S/C25H21ClFNO3S/c1-16-21-14-20(9-10-23(21)31-24(16)25(29)30)32-28(12-11-17-5-3-2-4-6-17)15-18-7-8-19(26)13-22(18)27/h2-10,13-14H,11-12,15H2,1H3,(H,29,30). The molecule has 0 amide bonds. The van der Waals surface area contributed by atoms with Gasteiger partial charge in [0, 0.05) is 39.5 Å². The Hall–Kier alpha value is -2.80. The lowest BCUT2D eigenvalue weighted by molar-refractivity contribution is 0.0664.